The molecule has 1 saturated carbocycles. The molecule has 0 amide bonds. The number of esters is 1. The molecule has 0 bridgehead atoms. The third-order valence-electron chi connectivity index (χ3n) is 8.92. The maximum Gasteiger partial charge on any atom is 0.327 e. The second kappa shape index (κ2) is 12.6. The molecule has 2 aliphatic rings. The van der Waals surface area contributed by atoms with Gasteiger partial charge >= 0.3 is 5.97 Å². The number of phenolic OH excluding ortho intramolecular Hbond substituents is 1. The predicted octanol–water partition coefficient (Wildman–Crippen LogP) is 7.34. The Hall–Kier alpha value is -3.30. The molecule has 2 fully saturated rings. The molecule has 3 aromatic carbocycles. The van der Waals surface area contributed by atoms with E-state index in [4.69, 9.17) is 4.74 Å². The molecule has 1 saturated heterocycles. The van der Waals surface area contributed by atoms with Crippen LogP contribution in [0.1, 0.15) is 76.0 Å². The number of phenols is 1. The Balaban J connectivity index is 1.42. The summed E-state index contributed by atoms with van der Waals surface area (Å²) in [6.45, 7) is 7.90. The molecule has 2 N–H and O–H groups in total. The van der Waals surface area contributed by atoms with Crippen molar-refractivity contribution in [2.45, 2.75) is 98.7 Å². The van der Waals surface area contributed by atoms with E-state index in [2.05, 4.69) is 4.72 Å². The number of rotatable bonds is 9. The van der Waals surface area contributed by atoms with Gasteiger partial charge in [0.15, 0.2) is 11.0 Å². The molecular weight excluding hydrogens is 595 g/mol. The number of hydrogen-bond acceptors (Lipinski definition) is 7. The first-order chi connectivity index (χ1) is 20.8. The molecule has 0 radical (unpaired) electrons. The van der Waals surface area contributed by atoms with Crippen LogP contribution in [0.4, 0.5) is 5.69 Å². The zero-order valence-corrected chi connectivity index (χ0v) is 27.4. The summed E-state index contributed by atoms with van der Waals surface area (Å²) in [6.07, 6.45) is 5.28. The fourth-order valence-corrected chi connectivity index (χ4v) is 8.47. The number of ketones is 1. The normalized spacial score (nSPS) is 21.3. The Morgan fingerprint density at radius 3 is 2.27 bits per heavy atom. The quantitative estimate of drug-likeness (QED) is 0.187. The number of Topliss-reactive ketones (excluding diaryl/α,β-unsaturated/α-hetero) is 1. The second-order valence-electron chi connectivity index (χ2n) is 13.1. The number of hydrogen-bond donors (Lipinski definition) is 2. The van der Waals surface area contributed by atoms with Crippen LogP contribution >= 0.6 is 11.8 Å². The molecule has 234 valence electrons. The maximum absolute atomic E-state index is 13.9. The van der Waals surface area contributed by atoms with Gasteiger partial charge in [-0.25, -0.2) is 8.42 Å². The van der Waals surface area contributed by atoms with Crippen LogP contribution in [0.2, 0.25) is 0 Å². The predicted molar refractivity (Wildman–Crippen MR) is 174 cm³/mol. The smallest absolute Gasteiger partial charge is 0.327 e. The van der Waals surface area contributed by atoms with Crippen molar-refractivity contribution in [2.24, 2.45) is 5.92 Å². The van der Waals surface area contributed by atoms with Crippen LogP contribution in [0.3, 0.4) is 0 Å². The van der Waals surface area contributed by atoms with Crippen LogP contribution in [0.15, 0.2) is 76.5 Å². The van der Waals surface area contributed by atoms with E-state index in [0.717, 1.165) is 48.6 Å². The van der Waals surface area contributed by atoms with Crippen LogP contribution in [-0.2, 0) is 36.2 Å². The van der Waals surface area contributed by atoms with Gasteiger partial charge < -0.3 is 9.84 Å². The lowest BCUT2D eigenvalue weighted by Crippen LogP contribution is -2.53. The molecule has 0 spiro atoms. The molecule has 7 nitrogen and oxygen atoms in total. The number of aryl methyl sites for hydroxylation is 1. The number of anilines is 1. The van der Waals surface area contributed by atoms with E-state index in [1.807, 2.05) is 45.0 Å². The first-order valence-corrected chi connectivity index (χ1v) is 17.6. The summed E-state index contributed by atoms with van der Waals surface area (Å²) < 4.78 is 35.5. The lowest BCUT2D eigenvalue weighted by molar-refractivity contribution is -0.177. The SMILES string of the molecule is Cc1c(NS(=O)(=O)c2ccccc2)cc(C(C)(C)C)cc1SC1C(=O)CC(CCc2ccc(O)cc2)(C2CCCC2)OC1=O. The average Bonchev–Trinajstić information content (AvgIpc) is 3.52. The van der Waals surface area contributed by atoms with Gasteiger partial charge in [0, 0.05) is 11.3 Å². The van der Waals surface area contributed by atoms with E-state index < -0.39 is 26.8 Å². The summed E-state index contributed by atoms with van der Waals surface area (Å²) in [5, 5.41) is 8.64. The summed E-state index contributed by atoms with van der Waals surface area (Å²) in [5.74, 6) is -0.365. The molecule has 1 aliphatic carbocycles. The number of benzene rings is 3. The highest BCUT2D eigenvalue weighted by atomic mass is 32.2. The van der Waals surface area contributed by atoms with Gasteiger partial charge in [-0.3, -0.25) is 14.3 Å². The van der Waals surface area contributed by atoms with Crippen LogP contribution in [-0.4, -0.2) is 36.1 Å². The van der Waals surface area contributed by atoms with Gasteiger partial charge in [0.2, 0.25) is 0 Å². The zero-order chi connectivity index (χ0) is 31.7. The number of sulfonamides is 1. The van der Waals surface area contributed by atoms with Gasteiger partial charge in [-0.15, -0.1) is 11.8 Å². The lowest BCUT2D eigenvalue weighted by Gasteiger charge is -2.43. The Morgan fingerprint density at radius 1 is 1.00 bits per heavy atom. The summed E-state index contributed by atoms with van der Waals surface area (Å²) in [7, 11) is -3.86. The third-order valence-corrected chi connectivity index (χ3v) is 11.7. The largest absolute Gasteiger partial charge is 0.508 e. The van der Waals surface area contributed by atoms with E-state index in [-0.39, 0.29) is 34.2 Å². The minimum atomic E-state index is -3.86. The fourth-order valence-electron chi connectivity index (χ4n) is 6.24. The van der Waals surface area contributed by atoms with Crippen LogP contribution in [0.5, 0.6) is 5.75 Å². The number of aromatic hydroxyl groups is 1. The van der Waals surface area contributed by atoms with Crippen LogP contribution in [0, 0.1) is 12.8 Å². The van der Waals surface area contributed by atoms with Gasteiger partial charge in [0.05, 0.1) is 10.6 Å². The van der Waals surface area contributed by atoms with Gasteiger partial charge in [-0.2, -0.15) is 0 Å². The van der Waals surface area contributed by atoms with Crippen molar-refractivity contribution in [3.8, 4) is 5.75 Å². The third kappa shape index (κ3) is 6.99. The number of cyclic esters (lactones) is 1. The first-order valence-electron chi connectivity index (χ1n) is 15.2. The standard InChI is InChI=1S/C35H41NO6S2/c1-23-29(36-44(40,41)28-12-6-5-7-13-28)20-26(34(2,3)4)21-31(23)43-32-30(38)22-35(42-33(32)39,25-10-8-9-11-25)19-18-24-14-16-27(37)17-15-24/h5-7,12-17,20-21,25,32,36-37H,8-11,18-19,22H2,1-4H3. The van der Waals surface area contributed by atoms with Crippen LogP contribution < -0.4 is 4.72 Å². The van der Waals surface area contributed by atoms with E-state index in [1.165, 1.54) is 12.1 Å². The highest BCUT2D eigenvalue weighted by Gasteiger charge is 2.52. The minimum Gasteiger partial charge on any atom is -0.508 e. The van der Waals surface area contributed by atoms with E-state index >= 15 is 0 Å². The van der Waals surface area contributed by atoms with E-state index in [9.17, 15) is 23.1 Å². The highest BCUT2D eigenvalue weighted by Crippen LogP contribution is 2.47. The van der Waals surface area contributed by atoms with Crippen molar-refractivity contribution in [2.75, 3.05) is 4.72 Å². The summed E-state index contributed by atoms with van der Waals surface area (Å²) in [4.78, 5) is 28.4. The average molecular weight is 636 g/mol. The van der Waals surface area contributed by atoms with E-state index in [1.54, 1.807) is 37.3 Å². The van der Waals surface area contributed by atoms with Crippen molar-refractivity contribution in [1.82, 2.24) is 0 Å². The van der Waals surface area contributed by atoms with Crippen LogP contribution in [0.25, 0.3) is 0 Å². The van der Waals surface area contributed by atoms with E-state index in [0.29, 0.717) is 29.0 Å². The molecular formula is C35H41NO6S2. The molecule has 2 atom stereocenters. The topological polar surface area (TPSA) is 110 Å². The van der Waals surface area contributed by atoms with Crippen molar-refractivity contribution in [1.29, 1.82) is 0 Å². The Kier molecular flexibility index (Phi) is 9.19. The Labute approximate surface area is 264 Å². The number of nitrogens with one attached hydrogen (secondary N) is 1. The minimum absolute atomic E-state index is 0.128. The van der Waals surface area contributed by atoms with Gasteiger partial charge in [-0.05, 0) is 97.0 Å². The summed E-state index contributed by atoms with van der Waals surface area (Å²) in [6, 6.07) is 19.0. The molecule has 1 aliphatic heterocycles. The monoisotopic (exact) mass is 635 g/mol. The molecule has 9 heteroatoms. The van der Waals surface area contributed by atoms with Gasteiger partial charge in [-0.1, -0.05) is 63.9 Å². The molecule has 44 heavy (non-hydrogen) atoms. The van der Waals surface area contributed by atoms with Gasteiger partial charge in [0.25, 0.3) is 10.0 Å². The van der Waals surface area contributed by atoms with Gasteiger partial charge in [0.1, 0.15) is 11.4 Å². The maximum atomic E-state index is 13.9. The Bertz CT molecular complexity index is 1600. The number of carbonyl (C=O) groups is 2. The first kappa shape index (κ1) is 32.1. The molecule has 5 rings (SSSR count). The Morgan fingerprint density at radius 2 is 1.66 bits per heavy atom. The zero-order valence-electron chi connectivity index (χ0n) is 25.8. The fraction of sp³-hybridized carbons (Fsp3) is 0.429. The molecule has 3 aromatic rings. The lowest BCUT2D eigenvalue weighted by atomic mass is 9.76. The van der Waals surface area contributed by atoms with Crippen molar-refractivity contribution in [3.05, 3.63) is 83.4 Å². The number of ether oxygens (including phenoxy) is 1. The molecule has 0 aromatic heterocycles. The molecule has 2 unspecified atom stereocenters. The number of carbonyl (C=O) groups excluding carboxylic acids is 2. The van der Waals surface area contributed by atoms with Crippen molar-refractivity contribution >= 4 is 39.2 Å². The van der Waals surface area contributed by atoms with Crippen molar-refractivity contribution < 1.29 is 27.9 Å². The summed E-state index contributed by atoms with van der Waals surface area (Å²) in [5.41, 5.74) is 1.78. The second-order valence-corrected chi connectivity index (χ2v) is 15.9. The molecule has 1 heterocycles. The van der Waals surface area contributed by atoms with Crippen molar-refractivity contribution in [3.63, 3.8) is 0 Å². The summed E-state index contributed by atoms with van der Waals surface area (Å²) >= 11 is 1.15. The number of thioether (sulfide) groups is 1. The highest BCUT2D eigenvalue weighted by molar-refractivity contribution is 8.01.